The number of nitrogens with zero attached hydrogens (tertiary/aromatic N) is 2. The van der Waals surface area contributed by atoms with Crippen molar-refractivity contribution >= 4 is 46.6 Å². The first-order valence-electron chi connectivity index (χ1n) is 6.49. The molecule has 0 atom stereocenters. The maximum atomic E-state index is 5.53. The molecule has 9 heteroatoms. The molecule has 118 valence electrons. The second-order valence-electron chi connectivity index (χ2n) is 4.35. The Hall–Kier alpha value is -2.10. The van der Waals surface area contributed by atoms with Crippen molar-refractivity contribution < 1.29 is 0 Å². The van der Waals surface area contributed by atoms with Crippen LogP contribution in [0.1, 0.15) is 11.1 Å². The summed E-state index contributed by atoms with van der Waals surface area (Å²) in [5, 5.41) is 8.11. The van der Waals surface area contributed by atoms with E-state index in [4.69, 9.17) is 29.4 Å². The number of rotatable bonds is 7. The number of thiocarbonyl (C=S) groups is 2. The molecule has 0 aromatic heterocycles. The van der Waals surface area contributed by atoms with Gasteiger partial charge in [-0.3, -0.25) is 10.9 Å². The van der Waals surface area contributed by atoms with Crippen LogP contribution in [0.15, 0.2) is 34.5 Å². The molecule has 0 heterocycles. The first-order valence-corrected chi connectivity index (χ1v) is 7.31. The van der Waals surface area contributed by atoms with Crippen molar-refractivity contribution in [1.82, 2.24) is 10.9 Å². The molecule has 8 N–H and O–H groups in total. The maximum Gasteiger partial charge on any atom is 0.184 e. The van der Waals surface area contributed by atoms with Crippen LogP contribution in [0.2, 0.25) is 0 Å². The summed E-state index contributed by atoms with van der Waals surface area (Å²) in [6.07, 6.45) is 2.89. The molecule has 7 nitrogen and oxygen atoms in total. The molecule has 0 fully saturated rings. The van der Waals surface area contributed by atoms with Gasteiger partial charge in [0.15, 0.2) is 10.2 Å². The van der Waals surface area contributed by atoms with E-state index in [-0.39, 0.29) is 10.2 Å². The predicted molar refractivity (Wildman–Crippen MR) is 98.7 cm³/mol. The normalized spacial score (nSPS) is 11.4. The third-order valence-corrected chi connectivity index (χ3v) is 2.72. The van der Waals surface area contributed by atoms with Crippen LogP contribution in [-0.4, -0.2) is 28.7 Å². The van der Waals surface area contributed by atoms with Crippen LogP contribution in [-0.2, 0) is 12.8 Å². The fourth-order valence-corrected chi connectivity index (χ4v) is 1.71. The average molecular weight is 337 g/mol. The zero-order chi connectivity index (χ0) is 16.4. The molecule has 1 aromatic carbocycles. The van der Waals surface area contributed by atoms with Gasteiger partial charge in [-0.25, -0.2) is 0 Å². The van der Waals surface area contributed by atoms with Crippen LogP contribution in [0.5, 0.6) is 0 Å². The summed E-state index contributed by atoms with van der Waals surface area (Å²) in [6.45, 7) is 0.626. The molecule has 0 saturated heterocycles. The highest BCUT2D eigenvalue weighted by atomic mass is 32.1. The lowest BCUT2D eigenvalue weighted by molar-refractivity contribution is 0.967. The molecule has 1 rings (SSSR count). The minimum absolute atomic E-state index is 0.0732. The number of hydrogen-bond donors (Lipinski definition) is 5. The molecule has 0 amide bonds. The van der Waals surface area contributed by atoms with Crippen LogP contribution >= 0.6 is 24.4 Å². The standard InChI is InChI=1S/C13H19N7S2/c14-6-5-9-1-3-10(4-2-9)7-11(18-20-13(16)22)8-17-19-12(15)21/h1-4,8H,5-7,14H2,(H3,15,19,21)(H3,16,20,22). The lowest BCUT2D eigenvalue weighted by atomic mass is 10.1. The third kappa shape index (κ3) is 7.62. The Labute approximate surface area is 140 Å². The van der Waals surface area contributed by atoms with E-state index in [0.717, 1.165) is 12.0 Å². The average Bonchev–Trinajstić information content (AvgIpc) is 2.46. The first-order chi connectivity index (χ1) is 10.5. The highest BCUT2D eigenvalue weighted by Gasteiger charge is 2.01. The van der Waals surface area contributed by atoms with Gasteiger partial charge in [0.25, 0.3) is 0 Å². The van der Waals surface area contributed by atoms with E-state index in [1.165, 1.54) is 11.8 Å². The number of nitrogens with one attached hydrogen (secondary N) is 2. The van der Waals surface area contributed by atoms with Gasteiger partial charge in [0.05, 0.1) is 11.9 Å². The van der Waals surface area contributed by atoms with Crippen LogP contribution < -0.4 is 28.1 Å². The molecule has 0 unspecified atom stereocenters. The van der Waals surface area contributed by atoms with Gasteiger partial charge in [0.2, 0.25) is 0 Å². The minimum Gasteiger partial charge on any atom is -0.375 e. The zero-order valence-corrected chi connectivity index (χ0v) is 13.6. The molecule has 0 saturated carbocycles. The van der Waals surface area contributed by atoms with Gasteiger partial charge in [0.1, 0.15) is 0 Å². The van der Waals surface area contributed by atoms with Gasteiger partial charge in [-0.15, -0.1) is 0 Å². The Morgan fingerprint density at radius 1 is 1.05 bits per heavy atom. The summed E-state index contributed by atoms with van der Waals surface area (Å²) in [6, 6.07) is 8.09. The van der Waals surface area contributed by atoms with E-state index in [1.807, 2.05) is 24.3 Å². The minimum atomic E-state index is 0.0732. The highest BCUT2D eigenvalue weighted by Crippen LogP contribution is 2.06. The third-order valence-electron chi connectivity index (χ3n) is 2.54. The Kier molecular flexibility index (Phi) is 7.97. The van der Waals surface area contributed by atoms with E-state index in [2.05, 4.69) is 33.3 Å². The summed E-state index contributed by atoms with van der Waals surface area (Å²) >= 11 is 9.39. The summed E-state index contributed by atoms with van der Waals surface area (Å²) in [7, 11) is 0. The summed E-state index contributed by atoms with van der Waals surface area (Å²) < 4.78 is 0. The largest absolute Gasteiger partial charge is 0.375 e. The molecule has 0 aliphatic rings. The van der Waals surface area contributed by atoms with Crippen molar-refractivity contribution in [2.75, 3.05) is 6.54 Å². The van der Waals surface area contributed by atoms with Crippen molar-refractivity contribution in [3.63, 3.8) is 0 Å². The fourth-order valence-electron chi connectivity index (χ4n) is 1.61. The number of hydrogen-bond acceptors (Lipinski definition) is 5. The SMILES string of the molecule is NCCc1ccc(CC(C=NNC(N)=S)=NNC(N)=S)cc1. The van der Waals surface area contributed by atoms with Crippen LogP contribution in [0.25, 0.3) is 0 Å². The summed E-state index contributed by atoms with van der Waals surface area (Å²) in [4.78, 5) is 0. The monoisotopic (exact) mass is 337 g/mol. The van der Waals surface area contributed by atoms with Crippen molar-refractivity contribution in [1.29, 1.82) is 0 Å². The molecular weight excluding hydrogens is 318 g/mol. The quantitative estimate of drug-likeness (QED) is 0.263. The molecule has 0 aliphatic carbocycles. The highest BCUT2D eigenvalue weighted by molar-refractivity contribution is 7.80. The second-order valence-corrected chi connectivity index (χ2v) is 5.23. The van der Waals surface area contributed by atoms with Gasteiger partial charge in [-0.2, -0.15) is 10.2 Å². The number of benzene rings is 1. The van der Waals surface area contributed by atoms with Crippen LogP contribution in [0.4, 0.5) is 0 Å². The second kappa shape index (κ2) is 9.77. The van der Waals surface area contributed by atoms with E-state index >= 15 is 0 Å². The molecule has 0 bridgehead atoms. The summed E-state index contributed by atoms with van der Waals surface area (Å²) in [5.74, 6) is 0. The van der Waals surface area contributed by atoms with Crippen molar-refractivity contribution in [3.8, 4) is 0 Å². The predicted octanol–water partition coefficient (Wildman–Crippen LogP) is -0.261. The van der Waals surface area contributed by atoms with Gasteiger partial charge in [-0.1, -0.05) is 24.3 Å². The number of nitrogens with two attached hydrogens (primary N) is 3. The van der Waals surface area contributed by atoms with Crippen molar-refractivity contribution in [3.05, 3.63) is 35.4 Å². The lowest BCUT2D eigenvalue weighted by Crippen LogP contribution is -2.27. The molecule has 22 heavy (non-hydrogen) atoms. The van der Waals surface area contributed by atoms with Crippen LogP contribution in [0.3, 0.4) is 0 Å². The number of hydrazone groups is 2. The van der Waals surface area contributed by atoms with Crippen LogP contribution in [0, 0.1) is 0 Å². The van der Waals surface area contributed by atoms with Crippen molar-refractivity contribution in [2.24, 2.45) is 27.4 Å². The lowest BCUT2D eigenvalue weighted by Gasteiger charge is -2.05. The van der Waals surface area contributed by atoms with E-state index in [9.17, 15) is 0 Å². The Bertz CT molecular complexity index is 566. The Balaban J connectivity index is 2.78. The molecule has 0 radical (unpaired) electrons. The maximum absolute atomic E-state index is 5.53. The molecule has 0 spiro atoms. The van der Waals surface area contributed by atoms with Gasteiger partial charge >= 0.3 is 0 Å². The Morgan fingerprint density at radius 2 is 1.64 bits per heavy atom. The van der Waals surface area contributed by atoms with Crippen molar-refractivity contribution in [2.45, 2.75) is 12.8 Å². The van der Waals surface area contributed by atoms with E-state index in [1.54, 1.807) is 0 Å². The van der Waals surface area contributed by atoms with E-state index in [0.29, 0.717) is 18.7 Å². The van der Waals surface area contributed by atoms with E-state index < -0.39 is 0 Å². The first kappa shape index (κ1) is 18.0. The molecular formula is C13H19N7S2. The Morgan fingerprint density at radius 3 is 2.18 bits per heavy atom. The van der Waals surface area contributed by atoms with Gasteiger partial charge in [-0.05, 0) is 48.5 Å². The smallest absolute Gasteiger partial charge is 0.184 e. The topological polar surface area (TPSA) is 127 Å². The summed E-state index contributed by atoms with van der Waals surface area (Å²) in [5.41, 5.74) is 24.1. The fraction of sp³-hybridized carbons (Fsp3) is 0.231. The van der Waals surface area contributed by atoms with Gasteiger partial charge in [0, 0.05) is 6.42 Å². The molecule has 0 aliphatic heterocycles. The molecule has 1 aromatic rings. The zero-order valence-electron chi connectivity index (χ0n) is 12.0. The van der Waals surface area contributed by atoms with Gasteiger partial charge < -0.3 is 17.2 Å².